The van der Waals surface area contributed by atoms with Gasteiger partial charge in [0.15, 0.2) is 9.84 Å². The molecule has 0 N–H and O–H groups in total. The minimum absolute atomic E-state index is 0.0307. The number of sulfone groups is 1. The third-order valence-corrected chi connectivity index (χ3v) is 6.69. The lowest BCUT2D eigenvalue weighted by Crippen LogP contribution is -2.34. The Labute approximate surface area is 147 Å². The van der Waals surface area contributed by atoms with Gasteiger partial charge in [-0.05, 0) is 51.2 Å². The van der Waals surface area contributed by atoms with E-state index in [9.17, 15) is 8.42 Å². The summed E-state index contributed by atoms with van der Waals surface area (Å²) < 4.78 is 27.5. The number of nitrogens with zero attached hydrogens (tertiary/aromatic N) is 4. The van der Waals surface area contributed by atoms with Crippen molar-refractivity contribution in [3.63, 3.8) is 0 Å². The Hall–Kier alpha value is -1.51. The van der Waals surface area contributed by atoms with Gasteiger partial charge in [0.05, 0.1) is 23.9 Å². The highest BCUT2D eigenvalue weighted by atomic mass is 32.2. The van der Waals surface area contributed by atoms with Gasteiger partial charge in [-0.15, -0.1) is 0 Å². The standard InChI is InChI=1S/C16H22N4O2S2/c1-12-4-5-15(13(2)8-12)19-10-17-20(16(19)23)11-18(3)14-6-7-24(21,22)9-14/h4-5,8,10,14H,6-7,9,11H2,1-3H3. The lowest BCUT2D eigenvalue weighted by Gasteiger charge is -2.22. The van der Waals surface area contributed by atoms with Gasteiger partial charge in [-0.2, -0.15) is 5.10 Å². The molecule has 0 radical (unpaired) electrons. The number of hydrogen-bond acceptors (Lipinski definition) is 5. The zero-order valence-corrected chi connectivity index (χ0v) is 15.8. The van der Waals surface area contributed by atoms with Crippen molar-refractivity contribution in [2.24, 2.45) is 0 Å². The van der Waals surface area contributed by atoms with Crippen molar-refractivity contribution in [2.45, 2.75) is 33.0 Å². The maximum atomic E-state index is 11.6. The van der Waals surface area contributed by atoms with Crippen LogP contribution in [0.25, 0.3) is 5.69 Å². The van der Waals surface area contributed by atoms with Gasteiger partial charge in [-0.3, -0.25) is 9.47 Å². The van der Waals surface area contributed by atoms with Crippen LogP contribution in [0.4, 0.5) is 0 Å². The molecule has 1 aromatic carbocycles. The number of aryl methyl sites for hydroxylation is 2. The molecule has 3 rings (SSSR count). The van der Waals surface area contributed by atoms with Crippen LogP contribution in [-0.2, 0) is 16.5 Å². The fraction of sp³-hybridized carbons (Fsp3) is 0.500. The third kappa shape index (κ3) is 3.45. The number of benzene rings is 1. The molecule has 130 valence electrons. The Balaban J connectivity index is 1.82. The van der Waals surface area contributed by atoms with Crippen molar-refractivity contribution in [2.75, 3.05) is 18.6 Å². The fourth-order valence-electron chi connectivity index (χ4n) is 3.12. The van der Waals surface area contributed by atoms with Crippen LogP contribution >= 0.6 is 12.2 Å². The van der Waals surface area contributed by atoms with Crippen LogP contribution in [0.15, 0.2) is 24.5 Å². The minimum atomic E-state index is -2.89. The van der Waals surface area contributed by atoms with Gasteiger partial charge >= 0.3 is 0 Å². The molecule has 1 fully saturated rings. The second-order valence-electron chi connectivity index (χ2n) is 6.53. The largest absolute Gasteiger partial charge is 0.283 e. The quantitative estimate of drug-likeness (QED) is 0.776. The highest BCUT2D eigenvalue weighted by Crippen LogP contribution is 2.18. The van der Waals surface area contributed by atoms with E-state index >= 15 is 0 Å². The Morgan fingerprint density at radius 3 is 2.75 bits per heavy atom. The fourth-order valence-corrected chi connectivity index (χ4v) is 5.18. The molecule has 0 spiro atoms. The van der Waals surface area contributed by atoms with Gasteiger partial charge in [0.25, 0.3) is 0 Å². The topological polar surface area (TPSA) is 60.1 Å². The molecular weight excluding hydrogens is 344 g/mol. The first-order valence-corrected chi connectivity index (χ1v) is 10.1. The molecule has 1 saturated heterocycles. The molecule has 8 heteroatoms. The van der Waals surface area contributed by atoms with E-state index in [1.165, 1.54) is 5.56 Å². The lowest BCUT2D eigenvalue weighted by atomic mass is 10.1. The van der Waals surface area contributed by atoms with E-state index in [0.29, 0.717) is 17.9 Å². The average molecular weight is 367 g/mol. The second-order valence-corrected chi connectivity index (χ2v) is 9.12. The number of hydrogen-bond donors (Lipinski definition) is 0. The first-order valence-electron chi connectivity index (χ1n) is 7.89. The van der Waals surface area contributed by atoms with E-state index in [4.69, 9.17) is 12.2 Å². The van der Waals surface area contributed by atoms with Crippen molar-refractivity contribution >= 4 is 22.1 Å². The monoisotopic (exact) mass is 366 g/mol. The Bertz CT molecular complexity index is 914. The van der Waals surface area contributed by atoms with Crippen molar-refractivity contribution in [1.82, 2.24) is 19.2 Å². The molecule has 1 aromatic heterocycles. The smallest absolute Gasteiger partial charge is 0.203 e. The molecule has 0 bridgehead atoms. The van der Waals surface area contributed by atoms with Gasteiger partial charge < -0.3 is 0 Å². The van der Waals surface area contributed by atoms with Crippen LogP contribution in [0.3, 0.4) is 0 Å². The van der Waals surface area contributed by atoms with Crippen LogP contribution in [0, 0.1) is 18.6 Å². The van der Waals surface area contributed by atoms with Crippen LogP contribution in [0.2, 0.25) is 0 Å². The minimum Gasteiger partial charge on any atom is -0.283 e. The second kappa shape index (κ2) is 6.42. The Kier molecular flexibility index (Phi) is 4.63. The van der Waals surface area contributed by atoms with E-state index in [1.54, 1.807) is 11.0 Å². The summed E-state index contributed by atoms with van der Waals surface area (Å²) in [6.45, 7) is 4.60. The number of rotatable bonds is 4. The SMILES string of the molecule is Cc1ccc(-n2cnn(CN(C)C3CCS(=O)(=O)C3)c2=S)c(C)c1. The van der Waals surface area contributed by atoms with Crippen molar-refractivity contribution < 1.29 is 8.42 Å². The highest BCUT2D eigenvalue weighted by Gasteiger charge is 2.30. The molecule has 1 unspecified atom stereocenters. The molecule has 2 heterocycles. The Morgan fingerprint density at radius 1 is 1.38 bits per heavy atom. The first kappa shape index (κ1) is 17.3. The van der Waals surface area contributed by atoms with Crippen molar-refractivity contribution in [3.8, 4) is 5.69 Å². The summed E-state index contributed by atoms with van der Waals surface area (Å²) >= 11 is 5.56. The summed E-state index contributed by atoms with van der Waals surface area (Å²) in [5.74, 6) is 0.485. The highest BCUT2D eigenvalue weighted by molar-refractivity contribution is 7.91. The molecule has 0 amide bonds. The number of aromatic nitrogens is 3. The molecule has 24 heavy (non-hydrogen) atoms. The van der Waals surface area contributed by atoms with E-state index in [2.05, 4.69) is 31.1 Å². The molecule has 0 saturated carbocycles. The third-order valence-electron chi connectivity index (χ3n) is 4.53. The predicted molar refractivity (Wildman–Crippen MR) is 96.7 cm³/mol. The summed E-state index contributed by atoms with van der Waals surface area (Å²) in [6.07, 6.45) is 2.39. The van der Waals surface area contributed by atoms with Gasteiger partial charge in [0.1, 0.15) is 6.33 Å². The van der Waals surface area contributed by atoms with Crippen LogP contribution in [-0.4, -0.2) is 52.3 Å². The maximum absolute atomic E-state index is 11.6. The molecule has 0 aliphatic carbocycles. The zero-order valence-electron chi connectivity index (χ0n) is 14.1. The summed E-state index contributed by atoms with van der Waals surface area (Å²) in [5.41, 5.74) is 3.36. The van der Waals surface area contributed by atoms with Gasteiger partial charge in [0, 0.05) is 6.04 Å². The van der Waals surface area contributed by atoms with E-state index in [-0.39, 0.29) is 17.5 Å². The molecule has 6 nitrogen and oxygen atoms in total. The van der Waals surface area contributed by atoms with Gasteiger partial charge in [0.2, 0.25) is 4.77 Å². The summed E-state index contributed by atoms with van der Waals surface area (Å²) in [5, 5.41) is 4.39. The predicted octanol–water partition coefficient (Wildman–Crippen LogP) is 2.10. The van der Waals surface area contributed by atoms with Crippen LogP contribution in [0.5, 0.6) is 0 Å². The van der Waals surface area contributed by atoms with E-state index in [0.717, 1.165) is 11.3 Å². The summed E-state index contributed by atoms with van der Waals surface area (Å²) in [7, 11) is -0.973. The normalized spacial score (nSPS) is 19.9. The van der Waals surface area contributed by atoms with Crippen molar-refractivity contribution in [3.05, 3.63) is 40.4 Å². The summed E-state index contributed by atoms with van der Waals surface area (Å²) in [4.78, 5) is 2.01. The van der Waals surface area contributed by atoms with Gasteiger partial charge in [-0.25, -0.2) is 13.1 Å². The first-order chi connectivity index (χ1) is 11.3. The Morgan fingerprint density at radius 2 is 2.12 bits per heavy atom. The van der Waals surface area contributed by atoms with E-state index in [1.807, 2.05) is 22.6 Å². The van der Waals surface area contributed by atoms with Gasteiger partial charge in [-0.1, -0.05) is 17.7 Å². The molecule has 1 aliphatic heterocycles. The zero-order chi connectivity index (χ0) is 17.5. The molecular formula is C16H22N4O2S2. The molecule has 1 atom stereocenters. The lowest BCUT2D eigenvalue weighted by molar-refractivity contribution is 0.196. The molecule has 2 aromatic rings. The van der Waals surface area contributed by atoms with E-state index < -0.39 is 9.84 Å². The average Bonchev–Trinajstić information content (AvgIpc) is 3.03. The maximum Gasteiger partial charge on any atom is 0.203 e. The summed E-state index contributed by atoms with van der Waals surface area (Å²) in [6, 6.07) is 6.24. The van der Waals surface area contributed by atoms with Crippen LogP contribution < -0.4 is 0 Å². The molecule has 1 aliphatic rings. The van der Waals surface area contributed by atoms with Crippen molar-refractivity contribution in [1.29, 1.82) is 0 Å². The van der Waals surface area contributed by atoms with Crippen LogP contribution in [0.1, 0.15) is 17.5 Å².